The Bertz CT molecular complexity index is 3420. The molecule has 17 rings (SSSR count). The summed E-state index contributed by atoms with van der Waals surface area (Å²) in [5.74, 6) is 2.38. The number of aliphatic hydroxyl groups is 3. The molecule has 9 heteroatoms. The highest BCUT2D eigenvalue weighted by atomic mass is 33.1. The fraction of sp³-hybridized carbons (Fsp3) is 0.548. The second kappa shape index (κ2) is 20.5. The average Bonchev–Trinajstić information content (AvgIpc) is 1.34. The number of carbonyl (C=O) groups is 1. The van der Waals surface area contributed by atoms with E-state index in [1.165, 1.54) is 74.9 Å². The van der Waals surface area contributed by atoms with E-state index in [0.29, 0.717) is 31.1 Å². The van der Waals surface area contributed by atoms with Crippen LogP contribution in [0.25, 0.3) is 17.2 Å². The molecule has 0 radical (unpaired) electrons. The Kier molecular flexibility index (Phi) is 13.5. The Morgan fingerprint density at radius 3 is 2.52 bits per heavy atom. The van der Waals surface area contributed by atoms with Crippen LogP contribution in [0.1, 0.15) is 139 Å². The smallest absolute Gasteiger partial charge is 0.306 e. The molecule has 3 aromatic carbocycles. The maximum Gasteiger partial charge on any atom is 0.306 e. The van der Waals surface area contributed by atoms with Crippen LogP contribution in [0, 0.1) is 80.3 Å². The van der Waals surface area contributed by atoms with Crippen LogP contribution in [0.15, 0.2) is 138 Å². The van der Waals surface area contributed by atoms with Crippen LogP contribution in [0.4, 0.5) is 0 Å². The molecule has 82 heavy (non-hydrogen) atoms. The van der Waals surface area contributed by atoms with Gasteiger partial charge in [-0.2, -0.15) is 0 Å². The number of allylic oxidation sites excluding steroid dienone is 9. The first-order valence-electron chi connectivity index (χ1n) is 32.1. The van der Waals surface area contributed by atoms with Gasteiger partial charge >= 0.3 is 5.97 Å². The van der Waals surface area contributed by atoms with Crippen molar-refractivity contribution < 1.29 is 25.2 Å². The topological polar surface area (TPSA) is 122 Å². The number of aliphatic hydroxyl groups excluding tert-OH is 3. The monoisotopic (exact) mass is 1130 g/mol. The lowest BCUT2D eigenvalue weighted by molar-refractivity contribution is -0.182. The fourth-order valence-corrected chi connectivity index (χ4v) is 24.6. The van der Waals surface area contributed by atoms with Gasteiger partial charge in [-0.25, -0.2) is 0 Å². The SMILES string of the molecule is CC12CC=CC34C=C5C6=c7ccccc7=CC5C(CCC1O)(C1=C5C3CSSCc3ccccc3CC3CC(C1)C1(C)C(C(O)CC51C3)C(C(=O)O)CCC(=CO)C(C1CCCCC1)CCCNC1=CC=C(CN1)c1cccc(c1)C6)C42. The van der Waals surface area contributed by atoms with E-state index >= 15 is 0 Å². The molecule has 7 nitrogen and oxygen atoms in total. The van der Waals surface area contributed by atoms with E-state index in [2.05, 4.69) is 134 Å². The Labute approximate surface area is 494 Å². The molecular formula is C73H86N2O5S2. The number of hydrogen-bond donors (Lipinski definition) is 6. The number of hydrogen-bond acceptors (Lipinski definition) is 8. The van der Waals surface area contributed by atoms with Crippen molar-refractivity contribution in [1.82, 2.24) is 10.6 Å². The van der Waals surface area contributed by atoms with Gasteiger partial charge in [0.1, 0.15) is 0 Å². The van der Waals surface area contributed by atoms with Crippen molar-refractivity contribution in [3.63, 3.8) is 0 Å². The summed E-state index contributed by atoms with van der Waals surface area (Å²) in [7, 11) is 4.05. The highest BCUT2D eigenvalue weighted by Gasteiger charge is 2.79. The van der Waals surface area contributed by atoms with Crippen LogP contribution in [0.2, 0.25) is 0 Å². The molecular weight excluding hydrogens is 1050 g/mol. The Morgan fingerprint density at radius 2 is 1.70 bits per heavy atom. The summed E-state index contributed by atoms with van der Waals surface area (Å²) in [6, 6.07) is 27.7. The minimum absolute atomic E-state index is 0.0781. The van der Waals surface area contributed by atoms with Crippen molar-refractivity contribution in [2.24, 2.45) is 80.3 Å². The first-order valence-corrected chi connectivity index (χ1v) is 34.5. The zero-order valence-electron chi connectivity index (χ0n) is 48.4. The molecule has 14 aliphatic rings. The zero-order valence-corrected chi connectivity index (χ0v) is 50.0. The molecule has 9 aliphatic carbocycles. The van der Waals surface area contributed by atoms with Gasteiger partial charge in [0.15, 0.2) is 0 Å². The van der Waals surface area contributed by atoms with Crippen LogP contribution >= 0.6 is 21.6 Å². The summed E-state index contributed by atoms with van der Waals surface area (Å²) < 4.78 is 0. The van der Waals surface area contributed by atoms with Crippen molar-refractivity contribution >= 4 is 44.8 Å². The summed E-state index contributed by atoms with van der Waals surface area (Å²) >= 11 is 0. The Morgan fingerprint density at radius 1 is 0.854 bits per heavy atom. The van der Waals surface area contributed by atoms with Crippen molar-refractivity contribution in [3.8, 4) is 0 Å². The van der Waals surface area contributed by atoms with Gasteiger partial charge in [-0.3, -0.25) is 4.79 Å². The lowest BCUT2D eigenvalue weighted by Crippen LogP contribution is -2.71. The van der Waals surface area contributed by atoms with Gasteiger partial charge in [0, 0.05) is 64.0 Å². The fourth-order valence-electron chi connectivity index (χ4n) is 22.1. The Hall–Kier alpha value is -4.67. The lowest BCUT2D eigenvalue weighted by Gasteiger charge is -2.76. The van der Waals surface area contributed by atoms with Crippen molar-refractivity contribution in [1.29, 1.82) is 0 Å². The van der Waals surface area contributed by atoms with Crippen LogP contribution in [-0.2, 0) is 23.4 Å². The van der Waals surface area contributed by atoms with Gasteiger partial charge in [-0.1, -0.05) is 169 Å². The molecule has 3 spiro atoms. The molecule has 4 saturated carbocycles. The second-order valence-electron chi connectivity index (χ2n) is 28.5. The minimum Gasteiger partial charge on any atom is -0.516 e. The predicted octanol–water partition coefficient (Wildman–Crippen LogP) is 13.3. The molecule has 0 amide bonds. The van der Waals surface area contributed by atoms with Crippen LogP contribution in [-0.4, -0.2) is 57.4 Å². The number of fused-ring (bicyclic) bond motifs is 4. The van der Waals surface area contributed by atoms with E-state index in [1.54, 1.807) is 11.1 Å². The summed E-state index contributed by atoms with van der Waals surface area (Å²) in [6.07, 6.45) is 31.9. The molecule has 5 heterocycles. The third-order valence-corrected chi connectivity index (χ3v) is 27.6. The van der Waals surface area contributed by atoms with Crippen LogP contribution in [0.5, 0.6) is 0 Å². The number of carboxylic acids is 1. The molecule has 6 N–H and O–H groups in total. The number of nitrogens with one attached hydrogen (secondary N) is 2. The number of rotatable bonds is 2. The first kappa shape index (κ1) is 54.0. The van der Waals surface area contributed by atoms with Crippen molar-refractivity contribution in [2.75, 3.05) is 18.8 Å². The zero-order chi connectivity index (χ0) is 55.8. The molecule has 430 valence electrons. The summed E-state index contributed by atoms with van der Waals surface area (Å²) in [5, 5.41) is 59.9. The summed E-state index contributed by atoms with van der Waals surface area (Å²) in [6.45, 7) is 6.53. The van der Waals surface area contributed by atoms with Gasteiger partial charge < -0.3 is 31.1 Å². The van der Waals surface area contributed by atoms with Gasteiger partial charge in [0.2, 0.25) is 0 Å². The maximum atomic E-state index is 14.6. The Balaban J connectivity index is 0.972. The van der Waals surface area contributed by atoms with E-state index in [-0.39, 0.29) is 40.4 Å². The van der Waals surface area contributed by atoms with E-state index in [1.807, 2.05) is 21.6 Å². The molecule has 15 atom stereocenters. The van der Waals surface area contributed by atoms with E-state index in [0.717, 1.165) is 113 Å². The van der Waals surface area contributed by atoms with Crippen LogP contribution in [0.3, 0.4) is 0 Å². The first-order chi connectivity index (χ1) is 39.9. The summed E-state index contributed by atoms with van der Waals surface area (Å²) in [4.78, 5) is 14.6. The maximum absolute atomic E-state index is 14.6. The average molecular weight is 1140 g/mol. The standard InChI is InChI=1S/C73H86N2O5S2/c1-69-27-12-28-71-38-58-57-34-44-13-10-19-47(31-44)50-23-25-64(75-40-50)74-30-11-21-54(46-14-4-3-5-15-46)51(41-76)22-24-56(67(79)80)65-62(77)39-72-37-45-32-48-16-6-7-18-52(48)42-81-82-43-61(71)66(72)60(36-53(33-45)70(65,72)2)73(68(69)71,29-26-63(69)78)59(58)35-49-17-8-9-20-55(49)57/h6-10,12-13,16-20,23,25,28,31,35,38,41,45-46,53-54,56,59,61-63,65,68,74-78H,3-5,11,14-15,21-22,24,26-27,29-30,32-34,36-37,39-40,42-43H2,1-2H3,(H,79,80). The molecule has 3 aromatic rings. The summed E-state index contributed by atoms with van der Waals surface area (Å²) in [5.41, 5.74) is 11.9. The van der Waals surface area contributed by atoms with E-state index in [9.17, 15) is 25.2 Å². The number of aliphatic carboxylic acids is 1. The largest absolute Gasteiger partial charge is 0.516 e. The second-order valence-corrected chi connectivity index (χ2v) is 31.1. The predicted molar refractivity (Wildman–Crippen MR) is 333 cm³/mol. The molecule has 0 saturated heterocycles. The van der Waals surface area contributed by atoms with Gasteiger partial charge in [0.05, 0.1) is 30.2 Å². The molecule has 5 aliphatic heterocycles. The number of dihydropyridines is 1. The third-order valence-electron chi connectivity index (χ3n) is 25.2. The van der Waals surface area contributed by atoms with Gasteiger partial charge in [0.25, 0.3) is 0 Å². The van der Waals surface area contributed by atoms with Gasteiger partial charge in [-0.05, 0) is 192 Å². The molecule has 0 aromatic heterocycles. The number of carboxylic acid groups (broad SMARTS) is 1. The van der Waals surface area contributed by atoms with Gasteiger partial charge in [-0.15, -0.1) is 0 Å². The highest BCUT2D eigenvalue weighted by Crippen LogP contribution is 2.84. The minimum atomic E-state index is -0.792. The number of benzene rings is 3. The van der Waals surface area contributed by atoms with Crippen molar-refractivity contribution in [2.45, 2.75) is 147 Å². The highest BCUT2D eigenvalue weighted by molar-refractivity contribution is 8.76. The molecule has 4 fully saturated rings. The molecule has 17 bridgehead atoms. The quantitative estimate of drug-likeness (QED) is 0.0846. The lowest BCUT2D eigenvalue weighted by atomic mass is 9.28. The molecule has 15 unspecified atom stereocenters. The van der Waals surface area contributed by atoms with Crippen LogP contribution < -0.4 is 21.1 Å². The van der Waals surface area contributed by atoms with E-state index < -0.39 is 46.3 Å². The normalized spacial score (nSPS) is 40.8. The van der Waals surface area contributed by atoms with Crippen molar-refractivity contribution in [3.05, 3.63) is 170 Å². The third kappa shape index (κ3) is 7.98. The van der Waals surface area contributed by atoms with E-state index in [4.69, 9.17) is 0 Å².